The van der Waals surface area contributed by atoms with Crippen molar-refractivity contribution in [1.82, 2.24) is 29.4 Å². The molecule has 0 aliphatic carbocycles. The molecule has 1 aliphatic heterocycles. The van der Waals surface area contributed by atoms with Gasteiger partial charge in [0.1, 0.15) is 0 Å². The van der Waals surface area contributed by atoms with E-state index in [0.717, 1.165) is 38.2 Å². The van der Waals surface area contributed by atoms with Crippen LogP contribution in [0.15, 0.2) is 55.2 Å². The second-order valence-electron chi connectivity index (χ2n) is 6.35. The average molecular weight is 336 g/mol. The highest BCUT2D eigenvalue weighted by Crippen LogP contribution is 2.20. The van der Waals surface area contributed by atoms with Crippen LogP contribution in [0.25, 0.3) is 5.69 Å². The number of carbonyl (C=O) groups excluding carboxylic acids is 1. The van der Waals surface area contributed by atoms with Gasteiger partial charge in [0.05, 0.1) is 18.2 Å². The molecule has 4 rings (SSSR count). The van der Waals surface area contributed by atoms with Crippen LogP contribution >= 0.6 is 0 Å². The van der Waals surface area contributed by atoms with Gasteiger partial charge in [-0.3, -0.25) is 4.79 Å². The smallest absolute Gasteiger partial charge is 0.276 e. The van der Waals surface area contributed by atoms with Crippen LogP contribution in [-0.2, 0) is 6.54 Å². The fourth-order valence-electron chi connectivity index (χ4n) is 3.22. The lowest BCUT2D eigenvalue weighted by Gasteiger charge is -2.31. The van der Waals surface area contributed by atoms with Crippen molar-refractivity contribution in [3.8, 4) is 5.69 Å². The Morgan fingerprint density at radius 3 is 2.68 bits per heavy atom. The maximum atomic E-state index is 12.7. The molecule has 128 valence electrons. The Morgan fingerprint density at radius 1 is 1.16 bits per heavy atom. The van der Waals surface area contributed by atoms with Crippen LogP contribution in [0.4, 0.5) is 0 Å². The molecule has 0 bridgehead atoms. The van der Waals surface area contributed by atoms with Crippen LogP contribution in [0.1, 0.15) is 23.3 Å². The summed E-state index contributed by atoms with van der Waals surface area (Å²) in [6.45, 7) is 2.49. The van der Waals surface area contributed by atoms with Gasteiger partial charge in [0, 0.05) is 32.0 Å². The highest BCUT2D eigenvalue weighted by Gasteiger charge is 2.25. The zero-order valence-electron chi connectivity index (χ0n) is 13.9. The van der Waals surface area contributed by atoms with Gasteiger partial charge in [-0.15, -0.1) is 5.10 Å². The maximum Gasteiger partial charge on any atom is 0.276 e. The number of imidazole rings is 1. The molecule has 1 saturated heterocycles. The number of para-hydroxylation sites is 1. The number of hydrogen-bond donors (Lipinski definition) is 0. The number of carbonyl (C=O) groups is 1. The Kier molecular flexibility index (Phi) is 4.28. The Labute approximate surface area is 145 Å². The van der Waals surface area contributed by atoms with E-state index < -0.39 is 0 Å². The number of piperidine rings is 1. The summed E-state index contributed by atoms with van der Waals surface area (Å²) < 4.78 is 2.10. The van der Waals surface area contributed by atoms with Gasteiger partial charge in [-0.1, -0.05) is 18.2 Å². The van der Waals surface area contributed by atoms with E-state index in [1.54, 1.807) is 12.4 Å². The fraction of sp³-hybridized carbons (Fsp3) is 0.333. The number of rotatable bonds is 4. The molecule has 0 atom stereocenters. The zero-order valence-corrected chi connectivity index (χ0v) is 13.9. The largest absolute Gasteiger partial charge is 0.337 e. The summed E-state index contributed by atoms with van der Waals surface area (Å²) in [4.78, 5) is 20.1. The molecule has 1 aromatic carbocycles. The minimum atomic E-state index is -0.0386. The van der Waals surface area contributed by atoms with Crippen molar-refractivity contribution < 1.29 is 4.79 Å². The molecule has 2 aromatic heterocycles. The summed E-state index contributed by atoms with van der Waals surface area (Å²) in [7, 11) is 0. The van der Waals surface area contributed by atoms with E-state index in [-0.39, 0.29) is 5.91 Å². The van der Waals surface area contributed by atoms with Gasteiger partial charge < -0.3 is 9.47 Å². The average Bonchev–Trinajstić information content (AvgIpc) is 3.34. The first-order valence-corrected chi connectivity index (χ1v) is 8.52. The van der Waals surface area contributed by atoms with Gasteiger partial charge >= 0.3 is 0 Å². The van der Waals surface area contributed by atoms with E-state index in [2.05, 4.69) is 19.7 Å². The summed E-state index contributed by atoms with van der Waals surface area (Å²) in [6.07, 6.45) is 9.17. The molecule has 0 spiro atoms. The third kappa shape index (κ3) is 3.45. The molecule has 1 fully saturated rings. The van der Waals surface area contributed by atoms with Crippen molar-refractivity contribution in [2.45, 2.75) is 19.4 Å². The number of nitrogens with zero attached hydrogens (tertiary/aromatic N) is 6. The second kappa shape index (κ2) is 6.88. The van der Waals surface area contributed by atoms with E-state index >= 15 is 0 Å². The van der Waals surface area contributed by atoms with Gasteiger partial charge in [0.2, 0.25) is 0 Å². The Bertz CT molecular complexity index is 818. The van der Waals surface area contributed by atoms with E-state index in [1.165, 1.54) is 4.80 Å². The number of hydrogen-bond acceptors (Lipinski definition) is 4. The van der Waals surface area contributed by atoms with Crippen LogP contribution in [0.5, 0.6) is 0 Å². The molecule has 1 amide bonds. The summed E-state index contributed by atoms with van der Waals surface area (Å²) in [5.41, 5.74) is 1.25. The molecule has 0 unspecified atom stereocenters. The van der Waals surface area contributed by atoms with Crippen molar-refractivity contribution in [2.24, 2.45) is 5.92 Å². The lowest BCUT2D eigenvalue weighted by molar-refractivity contribution is 0.0676. The second-order valence-corrected chi connectivity index (χ2v) is 6.35. The Hall–Kier alpha value is -2.96. The van der Waals surface area contributed by atoms with E-state index in [4.69, 9.17) is 0 Å². The van der Waals surface area contributed by atoms with Crippen LogP contribution in [0.2, 0.25) is 0 Å². The summed E-state index contributed by atoms with van der Waals surface area (Å²) in [5.74, 6) is 0.543. The van der Waals surface area contributed by atoms with Gasteiger partial charge in [-0.25, -0.2) is 4.98 Å². The van der Waals surface area contributed by atoms with Gasteiger partial charge in [0.25, 0.3) is 5.91 Å². The van der Waals surface area contributed by atoms with Crippen LogP contribution in [0.3, 0.4) is 0 Å². The minimum Gasteiger partial charge on any atom is -0.337 e. The van der Waals surface area contributed by atoms with Gasteiger partial charge in [-0.05, 0) is 30.9 Å². The third-order valence-corrected chi connectivity index (χ3v) is 4.63. The molecule has 0 radical (unpaired) electrons. The van der Waals surface area contributed by atoms with Crippen LogP contribution in [-0.4, -0.2) is 48.4 Å². The fourth-order valence-corrected chi connectivity index (χ4v) is 3.22. The van der Waals surface area contributed by atoms with Gasteiger partial charge in [-0.2, -0.15) is 9.90 Å². The standard InChI is InChI=1S/C18H20N6O/c25-18(17-12-20-24(21-17)16-4-2-1-3-5-16)23-9-6-15(7-10-23)13-22-11-8-19-14-22/h1-5,8,11-12,14-15H,6-7,9-10,13H2. The lowest BCUT2D eigenvalue weighted by atomic mass is 9.96. The minimum absolute atomic E-state index is 0.0386. The summed E-state index contributed by atoms with van der Waals surface area (Å²) >= 11 is 0. The highest BCUT2D eigenvalue weighted by molar-refractivity contribution is 5.92. The summed E-state index contributed by atoms with van der Waals surface area (Å²) in [6, 6.07) is 9.61. The number of benzene rings is 1. The van der Waals surface area contributed by atoms with Crippen LogP contribution < -0.4 is 0 Å². The topological polar surface area (TPSA) is 68.8 Å². The van der Waals surface area contributed by atoms with Crippen molar-refractivity contribution in [3.63, 3.8) is 0 Å². The Balaban J connectivity index is 1.37. The van der Waals surface area contributed by atoms with E-state index in [0.29, 0.717) is 11.6 Å². The predicted molar refractivity (Wildman–Crippen MR) is 92.2 cm³/mol. The molecule has 0 saturated carbocycles. The monoisotopic (exact) mass is 336 g/mol. The van der Waals surface area contributed by atoms with Crippen molar-refractivity contribution in [3.05, 3.63) is 60.9 Å². The molecule has 25 heavy (non-hydrogen) atoms. The third-order valence-electron chi connectivity index (χ3n) is 4.63. The van der Waals surface area contributed by atoms with Gasteiger partial charge in [0.15, 0.2) is 5.69 Å². The first-order valence-electron chi connectivity index (χ1n) is 8.52. The molecule has 7 nitrogen and oxygen atoms in total. The number of aromatic nitrogens is 5. The normalized spacial score (nSPS) is 15.4. The first kappa shape index (κ1) is 15.6. The first-order chi connectivity index (χ1) is 12.3. The Morgan fingerprint density at radius 2 is 1.96 bits per heavy atom. The molecular formula is C18H20N6O. The number of amides is 1. The SMILES string of the molecule is O=C(c1cnn(-c2ccccc2)n1)N1CCC(Cn2ccnc2)CC1. The molecule has 7 heteroatoms. The molecular weight excluding hydrogens is 316 g/mol. The molecule has 0 N–H and O–H groups in total. The van der Waals surface area contributed by atoms with Crippen molar-refractivity contribution in [1.29, 1.82) is 0 Å². The van der Waals surface area contributed by atoms with Crippen molar-refractivity contribution >= 4 is 5.91 Å². The highest BCUT2D eigenvalue weighted by atomic mass is 16.2. The lowest BCUT2D eigenvalue weighted by Crippen LogP contribution is -2.39. The van der Waals surface area contributed by atoms with Crippen LogP contribution in [0, 0.1) is 5.92 Å². The van der Waals surface area contributed by atoms with E-state index in [9.17, 15) is 4.79 Å². The molecule has 1 aliphatic rings. The number of likely N-dealkylation sites (tertiary alicyclic amines) is 1. The molecule has 3 aromatic rings. The van der Waals surface area contributed by atoms with E-state index in [1.807, 2.05) is 47.8 Å². The molecule has 3 heterocycles. The predicted octanol–water partition coefficient (Wildman–Crippen LogP) is 2.02. The maximum absolute atomic E-state index is 12.7. The summed E-state index contributed by atoms with van der Waals surface area (Å²) in [5, 5.41) is 8.55. The zero-order chi connectivity index (χ0) is 17.1. The quantitative estimate of drug-likeness (QED) is 0.731. The van der Waals surface area contributed by atoms with Crippen molar-refractivity contribution in [2.75, 3.05) is 13.1 Å².